The van der Waals surface area contributed by atoms with Crippen molar-refractivity contribution in [3.8, 4) is 11.5 Å². The van der Waals surface area contributed by atoms with Crippen LogP contribution in [0.15, 0.2) is 78.4 Å². The summed E-state index contributed by atoms with van der Waals surface area (Å²) >= 11 is 0. The quantitative estimate of drug-likeness (QED) is 0.300. The average molecular weight is 461 g/mol. The number of amides is 1. The van der Waals surface area contributed by atoms with E-state index in [-0.39, 0.29) is 22.8 Å². The van der Waals surface area contributed by atoms with Crippen molar-refractivity contribution < 1.29 is 28.9 Å². The van der Waals surface area contributed by atoms with Crippen LogP contribution in [0.1, 0.15) is 31.0 Å². The zero-order chi connectivity index (χ0) is 24.4. The van der Waals surface area contributed by atoms with Crippen LogP contribution < -0.4 is 9.64 Å². The van der Waals surface area contributed by atoms with Gasteiger partial charge in [-0.25, -0.2) is 4.39 Å². The molecule has 0 radical (unpaired) electrons. The van der Waals surface area contributed by atoms with Crippen molar-refractivity contribution in [2.24, 2.45) is 5.92 Å². The average Bonchev–Trinajstić information content (AvgIpc) is 3.08. The second kappa shape index (κ2) is 9.39. The lowest BCUT2D eigenvalue weighted by atomic mass is 9.95. The molecule has 0 saturated carbocycles. The third-order valence-corrected chi connectivity index (χ3v) is 5.45. The number of hydrogen-bond donors (Lipinski definition) is 2. The number of aliphatic hydroxyl groups is 1. The lowest BCUT2D eigenvalue weighted by Gasteiger charge is -2.25. The number of carbonyl (C=O) groups excluding carboxylic acids is 2. The van der Waals surface area contributed by atoms with Gasteiger partial charge in [0, 0.05) is 11.3 Å². The van der Waals surface area contributed by atoms with E-state index in [4.69, 9.17) is 4.74 Å². The molecular formula is C27H24FNO5. The van der Waals surface area contributed by atoms with E-state index in [0.717, 1.165) is 0 Å². The first kappa shape index (κ1) is 23.0. The van der Waals surface area contributed by atoms with Gasteiger partial charge in [0.05, 0.1) is 18.2 Å². The Bertz CT molecular complexity index is 1250. The zero-order valence-electron chi connectivity index (χ0n) is 18.7. The van der Waals surface area contributed by atoms with Crippen LogP contribution in [0.4, 0.5) is 10.1 Å². The van der Waals surface area contributed by atoms with Gasteiger partial charge >= 0.3 is 0 Å². The van der Waals surface area contributed by atoms with Crippen LogP contribution in [0.2, 0.25) is 0 Å². The van der Waals surface area contributed by atoms with Gasteiger partial charge in [0.25, 0.3) is 11.7 Å². The Labute approximate surface area is 196 Å². The zero-order valence-corrected chi connectivity index (χ0v) is 18.7. The minimum Gasteiger partial charge on any atom is -0.508 e. The van der Waals surface area contributed by atoms with Crippen LogP contribution >= 0.6 is 0 Å². The lowest BCUT2D eigenvalue weighted by molar-refractivity contribution is -0.132. The summed E-state index contributed by atoms with van der Waals surface area (Å²) < 4.78 is 19.2. The molecule has 0 aromatic heterocycles. The Morgan fingerprint density at radius 3 is 2.32 bits per heavy atom. The molecule has 0 bridgehead atoms. The summed E-state index contributed by atoms with van der Waals surface area (Å²) in [6.45, 7) is 4.59. The largest absolute Gasteiger partial charge is 0.508 e. The van der Waals surface area contributed by atoms with Crippen molar-refractivity contribution in [2.75, 3.05) is 11.5 Å². The Morgan fingerprint density at radius 2 is 1.71 bits per heavy atom. The number of benzene rings is 3. The minimum atomic E-state index is -1.02. The van der Waals surface area contributed by atoms with Crippen molar-refractivity contribution in [2.45, 2.75) is 19.9 Å². The van der Waals surface area contributed by atoms with Crippen molar-refractivity contribution >= 4 is 23.1 Å². The second-order valence-electron chi connectivity index (χ2n) is 8.47. The van der Waals surface area contributed by atoms with Gasteiger partial charge in [-0.1, -0.05) is 26.0 Å². The van der Waals surface area contributed by atoms with Crippen LogP contribution in [0.5, 0.6) is 11.5 Å². The molecule has 1 heterocycles. The molecule has 1 aliphatic heterocycles. The smallest absolute Gasteiger partial charge is 0.300 e. The molecule has 4 rings (SSSR count). The Morgan fingerprint density at radius 1 is 1.03 bits per heavy atom. The maximum absolute atomic E-state index is 13.5. The van der Waals surface area contributed by atoms with E-state index in [1.165, 1.54) is 41.3 Å². The number of rotatable bonds is 6. The molecule has 174 valence electrons. The first-order valence-electron chi connectivity index (χ1n) is 10.8. The van der Waals surface area contributed by atoms with Gasteiger partial charge < -0.3 is 14.9 Å². The van der Waals surface area contributed by atoms with Crippen LogP contribution in [-0.4, -0.2) is 28.5 Å². The molecule has 34 heavy (non-hydrogen) atoms. The van der Waals surface area contributed by atoms with Crippen LogP contribution in [0, 0.1) is 11.7 Å². The number of Topliss-reactive ketones (excluding diaryl/α,β-unsaturated/α-hetero) is 1. The number of hydrogen-bond acceptors (Lipinski definition) is 5. The number of ketones is 1. The fourth-order valence-corrected chi connectivity index (χ4v) is 3.84. The molecule has 7 heteroatoms. The SMILES string of the molecule is CC(C)COc1ccc(/C(O)=C2/C(=O)C(=O)N(c3ccc(F)cc3)C2c2cccc(O)c2)cc1. The van der Waals surface area contributed by atoms with E-state index in [0.29, 0.717) is 29.4 Å². The molecule has 1 saturated heterocycles. The summed E-state index contributed by atoms with van der Waals surface area (Å²) in [7, 11) is 0. The van der Waals surface area contributed by atoms with E-state index in [2.05, 4.69) is 0 Å². The minimum absolute atomic E-state index is 0.0613. The van der Waals surface area contributed by atoms with Crippen LogP contribution in [0.25, 0.3) is 5.76 Å². The fraction of sp³-hybridized carbons (Fsp3) is 0.185. The van der Waals surface area contributed by atoms with E-state index < -0.39 is 23.5 Å². The van der Waals surface area contributed by atoms with Gasteiger partial charge in [-0.15, -0.1) is 0 Å². The number of ether oxygens (including phenoxy) is 1. The summed E-state index contributed by atoms with van der Waals surface area (Å²) in [5, 5.41) is 21.2. The fourth-order valence-electron chi connectivity index (χ4n) is 3.84. The van der Waals surface area contributed by atoms with Crippen molar-refractivity contribution in [3.63, 3.8) is 0 Å². The van der Waals surface area contributed by atoms with Gasteiger partial charge in [0.2, 0.25) is 0 Å². The summed E-state index contributed by atoms with van der Waals surface area (Å²) in [5.41, 5.74) is 0.908. The number of aromatic hydroxyl groups is 1. The monoisotopic (exact) mass is 461 g/mol. The van der Waals surface area contributed by atoms with Gasteiger partial charge in [-0.3, -0.25) is 14.5 Å². The molecule has 3 aromatic rings. The Hall–Kier alpha value is -4.13. The summed E-state index contributed by atoms with van der Waals surface area (Å²) in [5.74, 6) is -1.69. The number of aliphatic hydroxyl groups excluding tert-OH is 1. The molecule has 1 amide bonds. The van der Waals surface area contributed by atoms with Gasteiger partial charge in [-0.05, 0) is 72.1 Å². The molecule has 2 N–H and O–H groups in total. The number of carbonyl (C=O) groups is 2. The molecule has 1 fully saturated rings. The highest BCUT2D eigenvalue weighted by atomic mass is 19.1. The van der Waals surface area contributed by atoms with Crippen molar-refractivity contribution in [1.29, 1.82) is 0 Å². The third kappa shape index (κ3) is 4.50. The second-order valence-corrected chi connectivity index (χ2v) is 8.47. The molecule has 6 nitrogen and oxygen atoms in total. The van der Waals surface area contributed by atoms with Gasteiger partial charge in [0.1, 0.15) is 23.1 Å². The Kier molecular flexibility index (Phi) is 6.36. The topological polar surface area (TPSA) is 87.1 Å². The highest BCUT2D eigenvalue weighted by Gasteiger charge is 2.47. The number of phenols is 1. The molecule has 1 unspecified atom stereocenters. The molecule has 3 aromatic carbocycles. The highest BCUT2D eigenvalue weighted by molar-refractivity contribution is 6.51. The van der Waals surface area contributed by atoms with Gasteiger partial charge in [-0.2, -0.15) is 0 Å². The van der Waals surface area contributed by atoms with E-state index >= 15 is 0 Å². The van der Waals surface area contributed by atoms with E-state index in [9.17, 15) is 24.2 Å². The Balaban J connectivity index is 1.82. The maximum Gasteiger partial charge on any atom is 0.300 e. The van der Waals surface area contributed by atoms with Crippen LogP contribution in [-0.2, 0) is 9.59 Å². The standard InChI is InChI=1S/C27H24FNO5/c1-16(2)15-34-22-12-6-17(7-13-22)25(31)23-24(18-4-3-5-21(30)14-18)29(27(33)26(23)32)20-10-8-19(28)9-11-20/h3-14,16,24,30-31H,15H2,1-2H3/b25-23-. The van der Waals surface area contributed by atoms with Crippen molar-refractivity contribution in [3.05, 3.63) is 95.3 Å². The summed E-state index contributed by atoms with van der Waals surface area (Å²) in [6.07, 6.45) is 0. The van der Waals surface area contributed by atoms with Gasteiger partial charge in [0.15, 0.2) is 0 Å². The molecule has 1 atom stereocenters. The molecule has 0 aliphatic carbocycles. The predicted molar refractivity (Wildman–Crippen MR) is 126 cm³/mol. The third-order valence-electron chi connectivity index (χ3n) is 5.45. The summed E-state index contributed by atoms with van der Waals surface area (Å²) in [6, 6.07) is 16.8. The number of nitrogens with zero attached hydrogens (tertiary/aromatic N) is 1. The predicted octanol–water partition coefficient (Wildman–Crippen LogP) is 5.19. The normalized spacial score (nSPS) is 17.4. The first-order chi connectivity index (χ1) is 16.3. The number of halogens is 1. The van der Waals surface area contributed by atoms with E-state index in [1.54, 1.807) is 36.4 Å². The van der Waals surface area contributed by atoms with Crippen LogP contribution in [0.3, 0.4) is 0 Å². The first-order valence-corrected chi connectivity index (χ1v) is 10.8. The van der Waals surface area contributed by atoms with E-state index in [1.807, 2.05) is 13.8 Å². The highest BCUT2D eigenvalue weighted by Crippen LogP contribution is 2.42. The number of phenolic OH excluding ortho intramolecular Hbond substituents is 1. The summed E-state index contributed by atoms with van der Waals surface area (Å²) in [4.78, 5) is 27.4. The molecule has 1 aliphatic rings. The maximum atomic E-state index is 13.5. The molecular weight excluding hydrogens is 437 g/mol. The molecule has 0 spiro atoms. The lowest BCUT2D eigenvalue weighted by Crippen LogP contribution is -2.29. The number of anilines is 1. The van der Waals surface area contributed by atoms with Crippen molar-refractivity contribution in [1.82, 2.24) is 0 Å².